The number of rotatable bonds is 5. The average molecular weight is 281 g/mol. The minimum atomic E-state index is -3.38. The Morgan fingerprint density at radius 2 is 2.24 bits per heavy atom. The van der Waals surface area contributed by atoms with Gasteiger partial charge in [-0.05, 0) is 25.7 Å². The van der Waals surface area contributed by atoms with Crippen molar-refractivity contribution >= 4 is 21.7 Å². The van der Waals surface area contributed by atoms with E-state index in [1.165, 1.54) is 0 Å². The van der Waals surface area contributed by atoms with Gasteiger partial charge in [-0.25, -0.2) is 0 Å². The summed E-state index contributed by atoms with van der Waals surface area (Å²) in [4.78, 5) is 0. The highest BCUT2D eigenvalue weighted by Gasteiger charge is 2.37. The van der Waals surface area contributed by atoms with Gasteiger partial charge in [0.15, 0.2) is 0 Å². The number of hydrogen-bond acceptors (Lipinski definition) is 3. The van der Waals surface area contributed by atoms with Crippen molar-refractivity contribution in [3.8, 4) is 0 Å². The Morgan fingerprint density at radius 1 is 1.59 bits per heavy atom. The fourth-order valence-corrected chi connectivity index (χ4v) is 3.12. The first-order chi connectivity index (χ1) is 7.85. The monoisotopic (exact) mass is 280 g/mol. The molecule has 0 N–H and O–H groups in total. The molecule has 0 bridgehead atoms. The molecule has 0 fully saturated rings. The smallest absolute Gasteiger partial charge is 0.267 e. The molecule has 100 valence electrons. The highest BCUT2D eigenvalue weighted by atomic mass is 35.5. The lowest BCUT2D eigenvalue weighted by Gasteiger charge is -2.40. The second-order valence-electron chi connectivity index (χ2n) is 4.87. The van der Waals surface area contributed by atoms with Gasteiger partial charge in [0.05, 0.1) is 12.4 Å². The van der Waals surface area contributed by atoms with Crippen LogP contribution in [-0.4, -0.2) is 26.7 Å². The molecule has 3 nitrogen and oxygen atoms in total. The van der Waals surface area contributed by atoms with Crippen LogP contribution in [0.15, 0.2) is 11.6 Å². The van der Waals surface area contributed by atoms with Gasteiger partial charge in [-0.3, -0.25) is 4.18 Å². The maximum atomic E-state index is 11.4. The van der Waals surface area contributed by atoms with Gasteiger partial charge in [-0.2, -0.15) is 8.42 Å². The Morgan fingerprint density at radius 3 is 2.76 bits per heavy atom. The zero-order valence-corrected chi connectivity index (χ0v) is 12.3. The first-order valence-electron chi connectivity index (χ1n) is 5.98. The molecule has 0 aromatic heterocycles. The fourth-order valence-electron chi connectivity index (χ4n) is 2.11. The van der Waals surface area contributed by atoms with Crippen LogP contribution in [0.3, 0.4) is 0 Å². The summed E-state index contributed by atoms with van der Waals surface area (Å²) in [6.07, 6.45) is 4.18. The summed E-state index contributed by atoms with van der Waals surface area (Å²) < 4.78 is 27.9. The maximum absolute atomic E-state index is 11.4. The lowest BCUT2D eigenvalue weighted by atomic mass is 9.68. The van der Waals surface area contributed by atoms with Crippen molar-refractivity contribution in [2.24, 2.45) is 11.3 Å². The second-order valence-corrected chi connectivity index (χ2v) is 7.06. The lowest BCUT2D eigenvalue weighted by molar-refractivity contribution is 0.130. The van der Waals surface area contributed by atoms with Gasteiger partial charge < -0.3 is 0 Å². The van der Waals surface area contributed by atoms with Crippen molar-refractivity contribution in [3.63, 3.8) is 0 Å². The van der Waals surface area contributed by atoms with E-state index < -0.39 is 10.1 Å². The third-order valence-electron chi connectivity index (χ3n) is 3.85. The summed E-state index contributed by atoms with van der Waals surface area (Å²) in [6, 6.07) is 0. The molecule has 0 aliphatic heterocycles. The Balaban J connectivity index is 2.84. The largest absolute Gasteiger partial charge is 0.269 e. The minimum absolute atomic E-state index is 0.0113. The summed E-state index contributed by atoms with van der Waals surface area (Å²) in [6.45, 7) is 5.95. The van der Waals surface area contributed by atoms with Crippen molar-refractivity contribution in [3.05, 3.63) is 11.6 Å². The zero-order valence-electron chi connectivity index (χ0n) is 10.7. The molecular weight excluding hydrogens is 260 g/mol. The van der Waals surface area contributed by atoms with E-state index in [2.05, 4.69) is 13.0 Å². The molecule has 0 unspecified atom stereocenters. The highest BCUT2D eigenvalue weighted by Crippen LogP contribution is 2.42. The van der Waals surface area contributed by atoms with Crippen molar-refractivity contribution < 1.29 is 12.6 Å². The molecule has 0 aromatic rings. The molecule has 1 aliphatic rings. The van der Waals surface area contributed by atoms with Crippen LogP contribution in [0.5, 0.6) is 0 Å². The number of allylic oxidation sites excluding steroid dienone is 1. The summed E-state index contributed by atoms with van der Waals surface area (Å²) in [5.41, 5.74) is 0.839. The second kappa shape index (κ2) is 5.72. The van der Waals surface area contributed by atoms with Crippen LogP contribution in [0.4, 0.5) is 0 Å². The average Bonchev–Trinajstić information content (AvgIpc) is 2.30. The van der Waals surface area contributed by atoms with E-state index in [4.69, 9.17) is 15.8 Å². The maximum Gasteiger partial charge on any atom is 0.267 e. The molecule has 0 saturated heterocycles. The topological polar surface area (TPSA) is 43.4 Å². The summed E-state index contributed by atoms with van der Waals surface area (Å²) in [5.74, 6) is 0.835. The van der Waals surface area contributed by atoms with Gasteiger partial charge in [0.25, 0.3) is 10.1 Å². The van der Waals surface area contributed by atoms with Gasteiger partial charge in [-0.1, -0.05) is 25.5 Å². The van der Waals surface area contributed by atoms with E-state index in [0.717, 1.165) is 18.4 Å². The predicted molar refractivity (Wildman–Crippen MR) is 70.7 cm³/mol. The summed E-state index contributed by atoms with van der Waals surface area (Å²) in [7, 11) is -3.38. The molecule has 2 atom stereocenters. The van der Waals surface area contributed by atoms with E-state index in [-0.39, 0.29) is 17.8 Å². The molecule has 0 aromatic carbocycles. The van der Waals surface area contributed by atoms with Gasteiger partial charge in [-0.15, -0.1) is 11.6 Å². The van der Waals surface area contributed by atoms with Crippen LogP contribution < -0.4 is 0 Å². The molecule has 0 heterocycles. The minimum Gasteiger partial charge on any atom is -0.269 e. The highest BCUT2D eigenvalue weighted by molar-refractivity contribution is 7.86. The quantitative estimate of drug-likeness (QED) is 0.442. The molecule has 1 aliphatic carbocycles. The predicted octanol–water partition coefficient (Wildman–Crippen LogP) is 2.95. The molecule has 5 heteroatoms. The van der Waals surface area contributed by atoms with Gasteiger partial charge in [0.2, 0.25) is 0 Å². The molecule has 0 radical (unpaired) electrons. The van der Waals surface area contributed by atoms with E-state index in [1.54, 1.807) is 6.92 Å². The standard InChI is InChI=1S/C12H21ClO3S/c1-4-17(14,15)16-9-12(3)10(2)6-5-7-11(12)8-13/h7,10H,4-6,8-9H2,1-3H3/t10-,12+/m0/s1. The van der Waals surface area contributed by atoms with Gasteiger partial charge in [0, 0.05) is 11.3 Å². The molecule has 0 amide bonds. The van der Waals surface area contributed by atoms with Crippen molar-refractivity contribution in [2.45, 2.75) is 33.6 Å². The number of alkyl halides is 1. The summed E-state index contributed by atoms with van der Waals surface area (Å²) in [5, 5.41) is 0. The van der Waals surface area contributed by atoms with E-state index >= 15 is 0 Å². The van der Waals surface area contributed by atoms with Crippen LogP contribution in [0, 0.1) is 11.3 Å². The van der Waals surface area contributed by atoms with Crippen LogP contribution in [0.25, 0.3) is 0 Å². The Bertz CT molecular complexity index is 389. The van der Waals surface area contributed by atoms with E-state index in [0.29, 0.717) is 11.8 Å². The lowest BCUT2D eigenvalue weighted by Crippen LogP contribution is -2.37. The Kier molecular flexibility index (Phi) is 5.05. The van der Waals surface area contributed by atoms with E-state index in [9.17, 15) is 8.42 Å². The van der Waals surface area contributed by atoms with Crippen LogP contribution in [-0.2, 0) is 14.3 Å². The third kappa shape index (κ3) is 3.46. The molecular formula is C12H21ClO3S. The van der Waals surface area contributed by atoms with E-state index in [1.807, 2.05) is 6.92 Å². The third-order valence-corrected chi connectivity index (χ3v) is 5.32. The van der Waals surface area contributed by atoms with Gasteiger partial charge in [0.1, 0.15) is 0 Å². The van der Waals surface area contributed by atoms with Crippen LogP contribution in [0.1, 0.15) is 33.6 Å². The first-order valence-corrected chi connectivity index (χ1v) is 8.09. The van der Waals surface area contributed by atoms with Gasteiger partial charge >= 0.3 is 0 Å². The zero-order chi connectivity index (χ0) is 13.1. The molecule has 1 rings (SSSR count). The van der Waals surface area contributed by atoms with Crippen molar-refractivity contribution in [1.29, 1.82) is 0 Å². The van der Waals surface area contributed by atoms with Crippen LogP contribution in [0.2, 0.25) is 0 Å². The summed E-state index contributed by atoms with van der Waals surface area (Å²) >= 11 is 5.94. The normalized spacial score (nSPS) is 30.1. The Labute approximate surface area is 109 Å². The van der Waals surface area contributed by atoms with Crippen molar-refractivity contribution in [2.75, 3.05) is 18.2 Å². The SMILES string of the molecule is CCS(=O)(=O)OC[C@@]1(C)C(CCl)=CCC[C@@H]1C. The molecule has 17 heavy (non-hydrogen) atoms. The Hall–Kier alpha value is -0.0600. The fraction of sp³-hybridized carbons (Fsp3) is 0.833. The van der Waals surface area contributed by atoms with Crippen molar-refractivity contribution in [1.82, 2.24) is 0 Å². The first kappa shape index (κ1) is 15.0. The number of halogens is 1. The molecule has 0 saturated carbocycles. The van der Waals surface area contributed by atoms with Crippen LogP contribution >= 0.6 is 11.6 Å². The number of hydrogen-bond donors (Lipinski definition) is 0. The molecule has 0 spiro atoms.